The van der Waals surface area contributed by atoms with Crippen molar-refractivity contribution in [2.45, 2.75) is 242 Å². The van der Waals surface area contributed by atoms with Gasteiger partial charge in [0, 0.05) is 86.9 Å². The summed E-state index contributed by atoms with van der Waals surface area (Å²) in [5.41, 5.74) is -3.51. The molecule has 608 valence electrons. The molecule has 12 rings (SSSR count). The van der Waals surface area contributed by atoms with Crippen LogP contribution in [0.1, 0.15) is 179 Å². The summed E-state index contributed by atoms with van der Waals surface area (Å²) in [4.78, 5) is 197. The zero-order chi connectivity index (χ0) is 80.7. The molecule has 111 heavy (non-hydrogen) atoms. The molecule has 1 spiro atoms. The number of rotatable bonds is 10. The first-order valence-corrected chi connectivity index (χ1v) is 39.6. The van der Waals surface area contributed by atoms with E-state index < -0.39 is 210 Å². The van der Waals surface area contributed by atoms with Crippen molar-refractivity contribution < 1.29 is 84.2 Å². The number of alkyl halides is 3. The van der Waals surface area contributed by atoms with Crippen molar-refractivity contribution in [3.63, 3.8) is 0 Å². The second kappa shape index (κ2) is 35.9. The zero-order valence-electron chi connectivity index (χ0n) is 65.7. The van der Waals surface area contributed by atoms with Crippen LogP contribution in [0.25, 0.3) is 6.08 Å². The fourth-order valence-corrected chi connectivity index (χ4v) is 17.6. The summed E-state index contributed by atoms with van der Waals surface area (Å²) >= 11 is 0. The maximum atomic E-state index is 15.9. The van der Waals surface area contributed by atoms with Gasteiger partial charge in [-0.3, -0.25) is 57.5 Å². The molecule has 2 saturated heterocycles. The number of fused-ring (bicyclic) bond motifs is 22. The Morgan fingerprint density at radius 1 is 0.640 bits per heavy atom. The number of halogens is 5. The van der Waals surface area contributed by atoms with E-state index in [2.05, 4.69) is 16.0 Å². The van der Waals surface area contributed by atoms with Crippen molar-refractivity contribution in [1.29, 1.82) is 0 Å². The number of amides is 12. The monoisotopic (exact) mass is 1550 g/mol. The summed E-state index contributed by atoms with van der Waals surface area (Å²) in [6.07, 6.45) is 5.28. The second-order valence-corrected chi connectivity index (χ2v) is 32.7. The molecule has 2 aromatic carbocycles. The van der Waals surface area contributed by atoms with Gasteiger partial charge < -0.3 is 64.8 Å². The number of benzene rings is 2. The second-order valence-electron chi connectivity index (χ2n) is 32.7. The highest BCUT2D eigenvalue weighted by Crippen LogP contribution is 2.50. The minimum absolute atomic E-state index is 0.0183. The Balaban J connectivity index is 1.10. The molecule has 7 aliphatic heterocycles. The van der Waals surface area contributed by atoms with Gasteiger partial charge in [0.15, 0.2) is 0 Å². The predicted octanol–water partition coefficient (Wildman–Crippen LogP) is 6.57. The summed E-state index contributed by atoms with van der Waals surface area (Å²) < 4.78 is 78.5. The first-order valence-electron chi connectivity index (χ1n) is 39.6. The van der Waals surface area contributed by atoms with Gasteiger partial charge >= 0.3 is 6.18 Å². The average molecular weight is 1560 g/mol. The smallest absolute Gasteiger partial charge is 0.377 e. The molecule has 25 nitrogen and oxygen atoms in total. The number of likely N-dealkylation sites (tertiary alicyclic amines) is 1. The van der Waals surface area contributed by atoms with E-state index in [1.807, 2.05) is 39.0 Å². The van der Waals surface area contributed by atoms with E-state index >= 15 is 61.5 Å². The van der Waals surface area contributed by atoms with Crippen LogP contribution in [-0.2, 0) is 81.3 Å². The van der Waals surface area contributed by atoms with Crippen LogP contribution in [0.4, 0.5) is 22.0 Å². The van der Waals surface area contributed by atoms with Crippen molar-refractivity contribution in [2.75, 3.05) is 81.1 Å². The van der Waals surface area contributed by atoms with Crippen molar-refractivity contribution >= 4 is 77.0 Å². The van der Waals surface area contributed by atoms with Crippen LogP contribution in [0, 0.1) is 28.9 Å². The standard InChI is InChI=1S/C81H111F5N12O13/c1-11-49(3)68-76(108)97(54-33-34-54)46-66(101)92(8)60-27-17-14-20-38-96(75(60)107)63-41-51-30-28-50(29-31-51)23-15-13-16-26-59(70(102)88-68)91(7)65(100)43-62(74(106)95-36-21-22-37-95)93(9)77(109)69(53-24-18-19-25-53)94(10)78(110)80(47-79(4,5)48-80)89-71(103)61-42-55(111-12-2)44-98(61)72(104)58(87-64(99)45-90(6)73(63)105)35-32-52-39-56(82)67(57(83)40-52)81(84,85)86/h14-15,17,23,28-31,39-40,49,53-55,58-63,68-69H,11-13,16,18-22,24-27,32-38,41-48H2,1-10H3,(H,87,99)(H,88,102)(H,89,103)/b17-14-,23-15-/t49-,55+,58-,59-,60-,61-,62-,63-,68-,69-/m0/s1. The number of aryl methyl sites for hydroxylation is 1. The number of nitrogens with one attached hydrogen (secondary N) is 3. The van der Waals surface area contributed by atoms with Crippen molar-refractivity contribution in [1.82, 2.24) is 60.0 Å². The molecule has 5 fully saturated rings. The van der Waals surface area contributed by atoms with Crippen molar-refractivity contribution in [3.8, 4) is 0 Å². The van der Waals surface area contributed by atoms with Gasteiger partial charge in [-0.25, -0.2) is 8.78 Å². The van der Waals surface area contributed by atoms with Gasteiger partial charge in [-0.1, -0.05) is 95.5 Å². The molecular formula is C81H111F5N12O13. The first kappa shape index (κ1) is 84.6. The van der Waals surface area contributed by atoms with Gasteiger partial charge in [-0.2, -0.15) is 13.2 Å². The molecular weight excluding hydrogens is 1440 g/mol. The third-order valence-electron chi connectivity index (χ3n) is 24.0. The van der Waals surface area contributed by atoms with Crippen molar-refractivity contribution in [3.05, 3.63) is 88.5 Å². The van der Waals surface area contributed by atoms with Gasteiger partial charge in [-0.05, 0) is 149 Å². The number of hydrogen-bond donors (Lipinski definition) is 3. The Morgan fingerprint density at radius 3 is 1.92 bits per heavy atom. The van der Waals surface area contributed by atoms with Crippen LogP contribution < -0.4 is 16.0 Å². The number of carbonyl (C=O) groups is 12. The molecule has 0 aromatic heterocycles. The van der Waals surface area contributed by atoms with E-state index in [0.29, 0.717) is 101 Å². The van der Waals surface area contributed by atoms with E-state index in [-0.39, 0.29) is 70.2 Å². The molecule has 7 heterocycles. The predicted molar refractivity (Wildman–Crippen MR) is 400 cm³/mol. The topological polar surface area (TPSA) is 279 Å². The number of likely N-dealkylation sites (N-methyl/N-ethyl adjacent to an activating group) is 5. The molecule has 3 aliphatic carbocycles. The van der Waals surface area contributed by atoms with Crippen LogP contribution in [0.2, 0.25) is 0 Å². The summed E-state index contributed by atoms with van der Waals surface area (Å²) in [5, 5.41) is 8.72. The molecule has 0 unspecified atom stereocenters. The summed E-state index contributed by atoms with van der Waals surface area (Å²) in [6, 6.07) is -3.38. The number of ether oxygens (including phenoxy) is 1. The van der Waals surface area contributed by atoms with E-state index in [1.54, 1.807) is 49.1 Å². The largest absolute Gasteiger partial charge is 0.422 e. The molecule has 2 aromatic rings. The van der Waals surface area contributed by atoms with E-state index in [4.69, 9.17) is 4.74 Å². The van der Waals surface area contributed by atoms with Gasteiger partial charge in [0.2, 0.25) is 70.9 Å². The van der Waals surface area contributed by atoms with Crippen LogP contribution in [0.15, 0.2) is 54.6 Å². The summed E-state index contributed by atoms with van der Waals surface area (Å²) in [7, 11) is 7.07. The average Bonchev–Trinajstić information content (AvgIpc) is 1.27. The number of carbonyl (C=O) groups excluding carboxylic acids is 12. The SMILES string of the molecule is CCO[C@@H]1C[C@H]2C(=O)NC3(CC(C)(C)C3)C(=O)N(C)[C@@H](C3CCCC3)C(=O)N(C)[C@H](C(=O)N3CCCC3)CC(=O)N(C)[C@H]3CCC/C=C\c4ccc(cc4)C[C@@H](C(=O)N(C)CC(=O)N[C@@H](CCc4cc(F)c(C(F)(F)F)c(F)c4)C(=O)N2C1)N1CC/C=C\C[C@@H](C1=O)N(C)C(=O)CN(C1CC1)C(=O)[C@H]([C@@H](C)CC)NC3=O. The zero-order valence-corrected chi connectivity index (χ0v) is 65.7. The minimum atomic E-state index is -5.42. The van der Waals surface area contributed by atoms with Crippen molar-refractivity contribution in [2.24, 2.45) is 17.3 Å². The molecule has 3 N–H and O–H groups in total. The molecule has 30 heteroatoms. The Labute approximate surface area is 647 Å². The molecule has 12 amide bonds. The summed E-state index contributed by atoms with van der Waals surface area (Å²) in [5.74, 6) is -13.4. The lowest BCUT2D eigenvalue weighted by atomic mass is 9.58. The Bertz CT molecular complexity index is 3850. The fraction of sp³-hybridized carbons (Fsp3) is 0.654. The van der Waals surface area contributed by atoms with Crippen LogP contribution in [-0.4, -0.2) is 262 Å². The normalized spacial score (nSPS) is 28.4. The molecule has 10 aliphatic rings. The molecule has 6 bridgehead atoms. The number of hydrogen-bond acceptors (Lipinski definition) is 13. The third kappa shape index (κ3) is 19.6. The Kier molecular flexibility index (Phi) is 27.4. The lowest BCUT2D eigenvalue weighted by Crippen LogP contribution is -2.71. The highest BCUT2D eigenvalue weighted by molar-refractivity contribution is 6.01. The van der Waals surface area contributed by atoms with E-state index in [1.165, 1.54) is 64.6 Å². The highest BCUT2D eigenvalue weighted by atomic mass is 19.4. The van der Waals surface area contributed by atoms with Crippen LogP contribution in [0.5, 0.6) is 0 Å². The molecule has 3 saturated carbocycles. The summed E-state index contributed by atoms with van der Waals surface area (Å²) in [6.45, 7) is 8.23. The fourth-order valence-electron chi connectivity index (χ4n) is 17.6. The number of nitrogens with zero attached hydrogens (tertiary/aromatic N) is 9. The molecule has 10 atom stereocenters. The molecule has 0 radical (unpaired) electrons. The van der Waals surface area contributed by atoms with E-state index in [9.17, 15) is 18.0 Å². The maximum absolute atomic E-state index is 15.9. The number of allylic oxidation sites excluding steroid dienone is 1. The van der Waals surface area contributed by atoms with Gasteiger partial charge in [0.25, 0.3) is 0 Å². The Hall–Kier alpha value is -8.83. The lowest BCUT2D eigenvalue weighted by Gasteiger charge is -2.54. The quantitative estimate of drug-likeness (QED) is 0.129. The minimum Gasteiger partial charge on any atom is -0.377 e. The van der Waals surface area contributed by atoms with Gasteiger partial charge in [0.05, 0.1) is 19.1 Å². The van der Waals surface area contributed by atoms with Crippen LogP contribution >= 0.6 is 0 Å². The van der Waals surface area contributed by atoms with Gasteiger partial charge in [-0.15, -0.1) is 0 Å². The lowest BCUT2D eigenvalue weighted by molar-refractivity contribution is -0.161. The van der Waals surface area contributed by atoms with E-state index in [0.717, 1.165) is 15.4 Å². The van der Waals surface area contributed by atoms with Crippen LogP contribution in [0.3, 0.4) is 0 Å². The Morgan fingerprint density at radius 2 is 1.30 bits per heavy atom. The van der Waals surface area contributed by atoms with Gasteiger partial charge in [0.1, 0.15) is 77.6 Å². The first-order chi connectivity index (χ1) is 52.6. The third-order valence-corrected chi connectivity index (χ3v) is 24.0. The highest BCUT2D eigenvalue weighted by Gasteiger charge is 2.59. The maximum Gasteiger partial charge on any atom is 0.422 e.